The number of nitrogens with zero attached hydrogens (tertiary/aromatic N) is 1. The maximum absolute atomic E-state index is 13.8. The first-order valence-corrected chi connectivity index (χ1v) is 12.1. The van der Waals surface area contributed by atoms with Gasteiger partial charge in [0.1, 0.15) is 12.4 Å². The molecule has 2 saturated heterocycles. The fraction of sp³-hybridized carbons (Fsp3) is 0.345. The largest absolute Gasteiger partial charge is 0.448 e. The lowest BCUT2D eigenvalue weighted by molar-refractivity contribution is -0.0531. The van der Waals surface area contributed by atoms with Gasteiger partial charge in [-0.05, 0) is 59.2 Å². The van der Waals surface area contributed by atoms with E-state index < -0.39 is 5.60 Å². The molecule has 2 atom stereocenters. The van der Waals surface area contributed by atoms with Crippen LogP contribution in [-0.2, 0) is 10.3 Å². The molecular formula is C29H28FNO3. The topological polar surface area (TPSA) is 49.8 Å². The van der Waals surface area contributed by atoms with Crippen molar-refractivity contribution in [1.82, 2.24) is 4.90 Å². The highest BCUT2D eigenvalue weighted by atomic mass is 19.1. The Morgan fingerprint density at radius 1 is 1.00 bits per heavy atom. The van der Waals surface area contributed by atoms with Gasteiger partial charge in [0, 0.05) is 30.8 Å². The van der Waals surface area contributed by atoms with Crippen LogP contribution in [0.25, 0.3) is 11.1 Å². The SMILES string of the molecule is Cc1cc(C2(O)CC3CCC(C2)N3C(=O)OCC2c3ccccc3-c3ccccc32)ccc1F. The quantitative estimate of drug-likeness (QED) is 0.533. The maximum Gasteiger partial charge on any atom is 0.410 e. The van der Waals surface area contributed by atoms with E-state index in [0.29, 0.717) is 25.0 Å². The second-order valence-corrected chi connectivity index (χ2v) is 10.0. The molecule has 3 aromatic carbocycles. The van der Waals surface area contributed by atoms with Gasteiger partial charge in [-0.2, -0.15) is 0 Å². The van der Waals surface area contributed by atoms with Crippen molar-refractivity contribution in [2.45, 2.75) is 56.2 Å². The predicted molar refractivity (Wildman–Crippen MR) is 128 cm³/mol. The minimum atomic E-state index is -1.05. The van der Waals surface area contributed by atoms with E-state index in [-0.39, 0.29) is 29.9 Å². The van der Waals surface area contributed by atoms with E-state index in [1.807, 2.05) is 29.2 Å². The first kappa shape index (κ1) is 21.4. The number of carbonyl (C=O) groups is 1. The third-order valence-electron chi connectivity index (χ3n) is 8.01. The van der Waals surface area contributed by atoms with Crippen LogP contribution in [0.3, 0.4) is 0 Å². The first-order valence-electron chi connectivity index (χ1n) is 12.1. The van der Waals surface area contributed by atoms with Gasteiger partial charge in [-0.3, -0.25) is 0 Å². The first-order chi connectivity index (χ1) is 16.4. The summed E-state index contributed by atoms with van der Waals surface area (Å²) in [7, 11) is 0. The molecule has 3 aliphatic rings. The molecule has 2 bridgehead atoms. The number of rotatable bonds is 3. The lowest BCUT2D eigenvalue weighted by atomic mass is 9.80. The number of fused-ring (bicyclic) bond motifs is 5. The molecule has 1 N–H and O–H groups in total. The van der Waals surface area contributed by atoms with Crippen molar-refractivity contribution in [2.24, 2.45) is 0 Å². The van der Waals surface area contributed by atoms with Crippen molar-refractivity contribution in [3.63, 3.8) is 0 Å². The number of amides is 1. The number of aryl methyl sites for hydroxylation is 1. The molecule has 174 valence electrons. The monoisotopic (exact) mass is 457 g/mol. The molecule has 0 spiro atoms. The second kappa shape index (κ2) is 7.95. The molecule has 1 aliphatic carbocycles. The van der Waals surface area contributed by atoms with Gasteiger partial charge in [0.05, 0.1) is 5.60 Å². The van der Waals surface area contributed by atoms with Crippen molar-refractivity contribution in [2.75, 3.05) is 6.61 Å². The van der Waals surface area contributed by atoms with E-state index in [1.54, 1.807) is 19.1 Å². The molecule has 0 aromatic heterocycles. The Balaban J connectivity index is 1.19. The molecule has 3 aromatic rings. The number of hydrogen-bond donors (Lipinski definition) is 1. The normalized spacial score (nSPS) is 25.2. The second-order valence-electron chi connectivity index (χ2n) is 10.0. The zero-order chi connectivity index (χ0) is 23.4. The number of carbonyl (C=O) groups excluding carboxylic acids is 1. The standard InChI is InChI=1S/C29H28FNO3/c1-18-14-19(10-13-27(18)30)29(33)15-20-11-12-21(16-29)31(20)28(32)34-17-26-24-8-4-2-6-22(24)23-7-3-5-9-25(23)26/h2-10,13-14,20-21,26,33H,11-12,15-17H2,1H3. The number of hydrogen-bond acceptors (Lipinski definition) is 3. The minimum absolute atomic E-state index is 0.0258. The molecule has 2 unspecified atom stereocenters. The summed E-state index contributed by atoms with van der Waals surface area (Å²) in [6, 6.07) is 21.3. The van der Waals surface area contributed by atoms with Crippen LogP contribution in [0.5, 0.6) is 0 Å². The summed E-state index contributed by atoms with van der Waals surface area (Å²) in [4.78, 5) is 15.1. The number of ether oxygens (including phenoxy) is 1. The van der Waals surface area contributed by atoms with E-state index in [1.165, 1.54) is 28.3 Å². The van der Waals surface area contributed by atoms with Gasteiger partial charge in [0.15, 0.2) is 0 Å². The summed E-state index contributed by atoms with van der Waals surface area (Å²) >= 11 is 0. The van der Waals surface area contributed by atoms with E-state index in [9.17, 15) is 14.3 Å². The fourth-order valence-electron chi connectivity index (χ4n) is 6.36. The predicted octanol–water partition coefficient (Wildman–Crippen LogP) is 5.90. The van der Waals surface area contributed by atoms with Gasteiger partial charge in [0.25, 0.3) is 0 Å². The average molecular weight is 458 g/mol. The number of halogens is 1. The molecule has 34 heavy (non-hydrogen) atoms. The van der Waals surface area contributed by atoms with Crippen LogP contribution in [0.15, 0.2) is 66.7 Å². The molecule has 0 radical (unpaired) electrons. The van der Waals surface area contributed by atoms with Crippen LogP contribution in [0.2, 0.25) is 0 Å². The minimum Gasteiger partial charge on any atom is -0.448 e. The molecule has 6 rings (SSSR count). The highest BCUT2D eigenvalue weighted by Crippen LogP contribution is 2.47. The van der Waals surface area contributed by atoms with Crippen LogP contribution < -0.4 is 0 Å². The van der Waals surface area contributed by atoms with Crippen molar-refractivity contribution >= 4 is 6.09 Å². The molecule has 0 saturated carbocycles. The Hall–Kier alpha value is -3.18. The smallest absolute Gasteiger partial charge is 0.410 e. The summed E-state index contributed by atoms with van der Waals surface area (Å²) in [6.07, 6.45) is 2.28. The number of piperidine rings is 1. The van der Waals surface area contributed by atoms with Gasteiger partial charge in [0.2, 0.25) is 0 Å². The molecular weight excluding hydrogens is 429 g/mol. The Bertz CT molecular complexity index is 1210. The van der Waals surface area contributed by atoms with Crippen LogP contribution >= 0.6 is 0 Å². The lowest BCUT2D eigenvalue weighted by Crippen LogP contribution is -2.52. The summed E-state index contributed by atoms with van der Waals surface area (Å²) in [5.41, 5.74) is 5.00. The molecule has 1 amide bonds. The zero-order valence-corrected chi connectivity index (χ0v) is 19.2. The van der Waals surface area contributed by atoms with E-state index in [2.05, 4.69) is 24.3 Å². The van der Waals surface area contributed by atoms with Crippen LogP contribution in [0.1, 0.15) is 53.9 Å². The lowest BCUT2D eigenvalue weighted by Gasteiger charge is -2.43. The Labute approximate surface area is 199 Å². The van der Waals surface area contributed by atoms with E-state index >= 15 is 0 Å². The summed E-state index contributed by atoms with van der Waals surface area (Å²) in [5.74, 6) is -0.246. The Morgan fingerprint density at radius 3 is 2.18 bits per heavy atom. The number of aliphatic hydroxyl groups is 1. The Kier molecular flexibility index (Phi) is 4.99. The van der Waals surface area contributed by atoms with Crippen LogP contribution in [0, 0.1) is 12.7 Å². The fourth-order valence-corrected chi connectivity index (χ4v) is 6.36. The van der Waals surface area contributed by atoms with Crippen LogP contribution in [-0.4, -0.2) is 34.8 Å². The molecule has 2 heterocycles. The summed E-state index contributed by atoms with van der Waals surface area (Å²) in [5, 5.41) is 11.5. The zero-order valence-electron chi connectivity index (χ0n) is 19.2. The van der Waals surface area contributed by atoms with Gasteiger partial charge >= 0.3 is 6.09 Å². The maximum atomic E-state index is 13.8. The highest BCUT2D eigenvalue weighted by molar-refractivity contribution is 5.79. The van der Waals surface area contributed by atoms with Gasteiger partial charge < -0.3 is 14.7 Å². The van der Waals surface area contributed by atoms with Crippen LogP contribution in [0.4, 0.5) is 9.18 Å². The third-order valence-corrected chi connectivity index (χ3v) is 8.01. The summed E-state index contributed by atoms with van der Waals surface area (Å²) < 4.78 is 19.7. The Morgan fingerprint density at radius 2 is 1.59 bits per heavy atom. The molecule has 2 fully saturated rings. The highest BCUT2D eigenvalue weighted by Gasteiger charge is 2.50. The third kappa shape index (κ3) is 3.33. The van der Waals surface area contributed by atoms with E-state index in [4.69, 9.17) is 4.74 Å². The molecule has 4 nitrogen and oxygen atoms in total. The molecule has 2 aliphatic heterocycles. The van der Waals surface area contributed by atoms with Crippen molar-refractivity contribution in [1.29, 1.82) is 0 Å². The van der Waals surface area contributed by atoms with Crippen molar-refractivity contribution in [3.8, 4) is 11.1 Å². The molecule has 5 heteroatoms. The van der Waals surface area contributed by atoms with Crippen molar-refractivity contribution < 1.29 is 19.0 Å². The van der Waals surface area contributed by atoms with Gasteiger partial charge in [-0.25, -0.2) is 9.18 Å². The van der Waals surface area contributed by atoms with E-state index in [0.717, 1.165) is 18.4 Å². The summed E-state index contributed by atoms with van der Waals surface area (Å²) in [6.45, 7) is 2.01. The number of benzene rings is 3. The average Bonchev–Trinajstić information content (AvgIpc) is 3.31. The van der Waals surface area contributed by atoms with Gasteiger partial charge in [-0.1, -0.05) is 60.7 Å². The van der Waals surface area contributed by atoms with Crippen molar-refractivity contribution in [3.05, 3.63) is 94.8 Å². The van der Waals surface area contributed by atoms with Gasteiger partial charge in [-0.15, -0.1) is 0 Å².